The van der Waals surface area contributed by atoms with Crippen molar-refractivity contribution >= 4 is 17.9 Å². The van der Waals surface area contributed by atoms with E-state index >= 15 is 0 Å². The van der Waals surface area contributed by atoms with Gasteiger partial charge in [-0.05, 0) is 45.9 Å². The molecule has 0 radical (unpaired) electrons. The Labute approximate surface area is 155 Å². The minimum absolute atomic E-state index is 0.189. The van der Waals surface area contributed by atoms with Gasteiger partial charge in [0.05, 0.1) is 0 Å². The summed E-state index contributed by atoms with van der Waals surface area (Å²) in [6.45, 7) is 9.90. The zero-order valence-corrected chi connectivity index (χ0v) is 16.4. The van der Waals surface area contributed by atoms with E-state index in [1.165, 1.54) is 4.90 Å². The number of hydrogen-bond donors (Lipinski definition) is 1. The first-order valence-corrected chi connectivity index (χ1v) is 9.96. The summed E-state index contributed by atoms with van der Waals surface area (Å²) < 4.78 is 5.43. The maximum Gasteiger partial charge on any atom is 0.410 e. The molecule has 5 nitrogen and oxygen atoms in total. The van der Waals surface area contributed by atoms with E-state index in [2.05, 4.69) is 29.2 Å². The molecule has 1 unspecified atom stereocenters. The van der Waals surface area contributed by atoms with E-state index in [0.29, 0.717) is 0 Å². The maximum absolute atomic E-state index is 12.1. The minimum atomic E-state index is -0.433. The van der Waals surface area contributed by atoms with Gasteiger partial charge in [-0.25, -0.2) is 4.79 Å². The molecule has 1 aliphatic heterocycles. The third kappa shape index (κ3) is 7.67. The number of carbonyl (C=O) groups excluding carboxylic acids is 1. The van der Waals surface area contributed by atoms with Gasteiger partial charge in [0.2, 0.25) is 0 Å². The van der Waals surface area contributed by atoms with E-state index < -0.39 is 5.60 Å². The van der Waals surface area contributed by atoms with Crippen LogP contribution in [0.15, 0.2) is 35.2 Å². The highest BCUT2D eigenvalue weighted by molar-refractivity contribution is 7.99. The second kappa shape index (κ2) is 9.46. The third-order valence-electron chi connectivity index (χ3n) is 4.05. The Morgan fingerprint density at radius 2 is 1.84 bits per heavy atom. The van der Waals surface area contributed by atoms with Crippen molar-refractivity contribution in [1.82, 2.24) is 9.80 Å². The van der Waals surface area contributed by atoms with Crippen LogP contribution in [0.4, 0.5) is 4.79 Å². The third-order valence-corrected chi connectivity index (χ3v) is 5.25. The maximum atomic E-state index is 12.1. The van der Waals surface area contributed by atoms with Crippen LogP contribution in [0.25, 0.3) is 0 Å². The van der Waals surface area contributed by atoms with Gasteiger partial charge in [-0.15, -0.1) is 11.8 Å². The van der Waals surface area contributed by atoms with Crippen LogP contribution in [0.2, 0.25) is 0 Å². The van der Waals surface area contributed by atoms with Crippen molar-refractivity contribution in [2.75, 3.05) is 38.5 Å². The molecule has 0 aromatic heterocycles. The molecule has 1 heterocycles. The second-order valence-corrected chi connectivity index (χ2v) is 8.58. The van der Waals surface area contributed by atoms with Crippen molar-refractivity contribution < 1.29 is 9.53 Å². The molecule has 25 heavy (non-hydrogen) atoms. The van der Waals surface area contributed by atoms with Crippen molar-refractivity contribution in [3.63, 3.8) is 0 Å². The van der Waals surface area contributed by atoms with Crippen molar-refractivity contribution in [3.05, 3.63) is 30.3 Å². The molecule has 1 aliphatic rings. The number of nitrogens with two attached hydrogens (primary N) is 1. The Balaban J connectivity index is 1.62. The molecule has 2 N–H and O–H groups in total. The van der Waals surface area contributed by atoms with E-state index in [9.17, 15) is 4.79 Å². The lowest BCUT2D eigenvalue weighted by molar-refractivity contribution is 0.0143. The van der Waals surface area contributed by atoms with Gasteiger partial charge in [-0.1, -0.05) is 18.2 Å². The molecule has 1 aromatic carbocycles. The van der Waals surface area contributed by atoms with Crippen LogP contribution in [0.1, 0.15) is 27.2 Å². The zero-order chi connectivity index (χ0) is 18.3. The van der Waals surface area contributed by atoms with Gasteiger partial charge in [0.15, 0.2) is 0 Å². The van der Waals surface area contributed by atoms with Gasteiger partial charge in [-0.3, -0.25) is 4.90 Å². The summed E-state index contributed by atoms with van der Waals surface area (Å²) in [5.41, 5.74) is 5.82. The highest BCUT2D eigenvalue weighted by atomic mass is 32.2. The summed E-state index contributed by atoms with van der Waals surface area (Å²) in [5, 5.41) is 0. The number of amides is 1. The quantitative estimate of drug-likeness (QED) is 0.785. The predicted octanol–water partition coefficient (Wildman–Crippen LogP) is 3.05. The van der Waals surface area contributed by atoms with Crippen molar-refractivity contribution in [2.24, 2.45) is 5.73 Å². The van der Waals surface area contributed by atoms with E-state index in [1.54, 1.807) is 4.90 Å². The molecule has 0 spiro atoms. The molecule has 2 rings (SSSR count). The monoisotopic (exact) mass is 365 g/mol. The van der Waals surface area contributed by atoms with Crippen LogP contribution in [-0.2, 0) is 4.74 Å². The fourth-order valence-corrected chi connectivity index (χ4v) is 3.56. The summed E-state index contributed by atoms with van der Waals surface area (Å²) >= 11 is 1.81. The number of nitrogens with zero attached hydrogens (tertiary/aromatic N) is 2. The molecule has 1 atom stereocenters. The molecule has 6 heteroatoms. The first-order chi connectivity index (χ1) is 11.8. The fourth-order valence-electron chi connectivity index (χ4n) is 2.63. The number of ether oxygens (including phenoxy) is 1. The van der Waals surface area contributed by atoms with Crippen LogP contribution < -0.4 is 5.73 Å². The second-order valence-electron chi connectivity index (χ2n) is 7.48. The normalized spacial score (nSPS) is 17.4. The number of carbonyl (C=O) groups is 1. The topological polar surface area (TPSA) is 58.8 Å². The Hall–Kier alpha value is -1.24. The van der Waals surface area contributed by atoms with Crippen LogP contribution in [0.3, 0.4) is 0 Å². The summed E-state index contributed by atoms with van der Waals surface area (Å²) in [6.07, 6.45) is 0.773. The molecule has 1 saturated heterocycles. The summed E-state index contributed by atoms with van der Waals surface area (Å²) in [5.74, 6) is 0.932. The van der Waals surface area contributed by atoms with Gasteiger partial charge in [0, 0.05) is 42.9 Å². The average Bonchev–Trinajstić information content (AvgIpc) is 2.58. The number of thioether (sulfide) groups is 1. The van der Waals surface area contributed by atoms with E-state index in [0.717, 1.165) is 44.9 Å². The number of hydrogen-bond acceptors (Lipinski definition) is 5. The van der Waals surface area contributed by atoms with Crippen molar-refractivity contribution in [3.8, 4) is 0 Å². The fraction of sp³-hybridized carbons (Fsp3) is 0.632. The van der Waals surface area contributed by atoms with Gasteiger partial charge in [-0.2, -0.15) is 0 Å². The molecule has 1 fully saturated rings. The van der Waals surface area contributed by atoms with Crippen molar-refractivity contribution in [1.29, 1.82) is 0 Å². The first kappa shape index (κ1) is 20.1. The van der Waals surface area contributed by atoms with Crippen molar-refractivity contribution in [2.45, 2.75) is 43.7 Å². The van der Waals surface area contributed by atoms with Crippen LogP contribution in [-0.4, -0.2) is 66.0 Å². The molecule has 0 bridgehead atoms. The Morgan fingerprint density at radius 1 is 1.20 bits per heavy atom. The van der Waals surface area contributed by atoms with E-state index in [1.807, 2.05) is 38.6 Å². The standard InChI is InChI=1S/C19H31N3O2S/c1-19(2,3)24-18(23)22-13-11-21(12-14-22)10-9-16(20)15-25-17-7-5-4-6-8-17/h4-8,16H,9-15,20H2,1-3H3. The summed E-state index contributed by atoms with van der Waals surface area (Å²) in [6, 6.07) is 10.6. The van der Waals surface area contributed by atoms with Gasteiger partial charge in [0.1, 0.15) is 5.60 Å². The smallest absolute Gasteiger partial charge is 0.410 e. The van der Waals surface area contributed by atoms with Crippen LogP contribution in [0.5, 0.6) is 0 Å². The molecule has 0 aliphatic carbocycles. The van der Waals surface area contributed by atoms with E-state index in [4.69, 9.17) is 10.5 Å². The van der Waals surface area contributed by atoms with Crippen LogP contribution >= 0.6 is 11.8 Å². The lowest BCUT2D eigenvalue weighted by atomic mass is 10.2. The number of benzene rings is 1. The first-order valence-electron chi connectivity index (χ1n) is 8.97. The minimum Gasteiger partial charge on any atom is -0.444 e. The average molecular weight is 366 g/mol. The summed E-state index contributed by atoms with van der Waals surface area (Å²) in [7, 11) is 0. The molecule has 0 saturated carbocycles. The largest absolute Gasteiger partial charge is 0.444 e. The molecular weight excluding hydrogens is 334 g/mol. The lowest BCUT2D eigenvalue weighted by Gasteiger charge is -2.35. The van der Waals surface area contributed by atoms with E-state index in [-0.39, 0.29) is 12.1 Å². The predicted molar refractivity (Wildman–Crippen MR) is 104 cm³/mol. The Bertz CT molecular complexity index is 525. The van der Waals surface area contributed by atoms with Gasteiger partial charge < -0.3 is 15.4 Å². The number of rotatable bonds is 6. The Kier molecular flexibility index (Phi) is 7.59. The zero-order valence-electron chi connectivity index (χ0n) is 15.6. The highest BCUT2D eigenvalue weighted by Gasteiger charge is 2.25. The molecular formula is C19H31N3O2S. The summed E-state index contributed by atoms with van der Waals surface area (Å²) in [4.78, 5) is 17.5. The SMILES string of the molecule is CC(C)(C)OC(=O)N1CCN(CCC(N)CSc2ccccc2)CC1. The van der Waals surface area contributed by atoms with Gasteiger partial charge >= 0.3 is 6.09 Å². The molecule has 140 valence electrons. The van der Waals surface area contributed by atoms with Gasteiger partial charge in [0.25, 0.3) is 0 Å². The lowest BCUT2D eigenvalue weighted by Crippen LogP contribution is -2.50. The molecule has 1 aromatic rings. The molecule has 1 amide bonds. The number of piperazine rings is 1. The highest BCUT2D eigenvalue weighted by Crippen LogP contribution is 2.18. The van der Waals surface area contributed by atoms with Crippen LogP contribution in [0, 0.1) is 0 Å². The Morgan fingerprint density at radius 3 is 2.44 bits per heavy atom.